The van der Waals surface area contributed by atoms with E-state index in [9.17, 15) is 0 Å². The van der Waals surface area contributed by atoms with Gasteiger partial charge >= 0.3 is 0 Å². The highest BCUT2D eigenvalue weighted by Gasteiger charge is 2.02. The minimum Gasteiger partial charge on any atom is -0.380 e. The van der Waals surface area contributed by atoms with Gasteiger partial charge in [-0.25, -0.2) is 4.98 Å². The second kappa shape index (κ2) is 5.59. The first-order valence-corrected chi connectivity index (χ1v) is 7.54. The highest BCUT2D eigenvalue weighted by Crippen LogP contribution is 2.24. The van der Waals surface area contributed by atoms with E-state index in [1.807, 2.05) is 16.8 Å². The Morgan fingerprint density at radius 2 is 2.26 bits per heavy atom. The first-order chi connectivity index (χ1) is 9.33. The van der Waals surface area contributed by atoms with E-state index in [2.05, 4.69) is 55.9 Å². The fraction of sp³-hybridized carbons (Fsp3) is 0.0714. The number of hydrogen-bond acceptors (Lipinski definition) is 3. The summed E-state index contributed by atoms with van der Waals surface area (Å²) in [6, 6.07) is 10.4. The second-order valence-electron chi connectivity index (χ2n) is 4.07. The molecule has 0 radical (unpaired) electrons. The lowest BCUT2D eigenvalue weighted by atomic mass is 10.2. The summed E-state index contributed by atoms with van der Waals surface area (Å²) in [6.45, 7) is 0.825. The van der Waals surface area contributed by atoms with Crippen LogP contribution in [0.2, 0.25) is 0 Å². The van der Waals surface area contributed by atoms with Crippen LogP contribution in [0.3, 0.4) is 0 Å². The number of benzene rings is 1. The van der Waals surface area contributed by atoms with Crippen molar-refractivity contribution in [3.63, 3.8) is 0 Å². The predicted octanol–water partition coefficient (Wildman–Crippen LogP) is 4.31. The van der Waals surface area contributed by atoms with Crippen molar-refractivity contribution in [1.29, 1.82) is 0 Å². The van der Waals surface area contributed by atoms with E-state index < -0.39 is 0 Å². The van der Waals surface area contributed by atoms with Crippen molar-refractivity contribution in [2.24, 2.45) is 0 Å². The Balaban J connectivity index is 1.75. The first kappa shape index (κ1) is 12.4. The summed E-state index contributed by atoms with van der Waals surface area (Å²) in [6.07, 6.45) is 5.52. The van der Waals surface area contributed by atoms with Crippen LogP contribution in [0.5, 0.6) is 0 Å². The lowest BCUT2D eigenvalue weighted by Gasteiger charge is -2.08. The molecule has 0 amide bonds. The molecular formula is C14H12BrN3S. The summed E-state index contributed by atoms with van der Waals surface area (Å²) in [5.74, 6) is 0. The smallest absolute Gasteiger partial charge is 0.0991 e. The monoisotopic (exact) mass is 333 g/mol. The summed E-state index contributed by atoms with van der Waals surface area (Å²) in [5.41, 5.74) is 2.21. The van der Waals surface area contributed by atoms with Crippen LogP contribution in [-0.2, 0) is 6.54 Å². The van der Waals surface area contributed by atoms with Crippen molar-refractivity contribution in [2.45, 2.75) is 6.54 Å². The van der Waals surface area contributed by atoms with E-state index in [0.717, 1.165) is 22.4 Å². The fourth-order valence-electron chi connectivity index (χ4n) is 1.82. The lowest BCUT2D eigenvalue weighted by Crippen LogP contribution is -1.99. The van der Waals surface area contributed by atoms with Gasteiger partial charge in [0.15, 0.2) is 0 Å². The quantitative estimate of drug-likeness (QED) is 0.771. The van der Waals surface area contributed by atoms with Crippen LogP contribution in [0.25, 0.3) is 5.69 Å². The minimum absolute atomic E-state index is 0.825. The third-order valence-corrected chi connectivity index (χ3v) is 4.72. The van der Waals surface area contributed by atoms with Crippen LogP contribution in [0, 0.1) is 0 Å². The Morgan fingerprint density at radius 1 is 1.32 bits per heavy atom. The number of nitrogens with zero attached hydrogens (tertiary/aromatic N) is 2. The molecule has 0 saturated carbocycles. The van der Waals surface area contributed by atoms with E-state index in [1.165, 1.54) is 4.88 Å². The highest BCUT2D eigenvalue weighted by molar-refractivity contribution is 9.10. The second-order valence-corrected chi connectivity index (χ2v) is 5.92. The van der Waals surface area contributed by atoms with Gasteiger partial charge in [-0.2, -0.15) is 0 Å². The predicted molar refractivity (Wildman–Crippen MR) is 82.9 cm³/mol. The zero-order valence-corrected chi connectivity index (χ0v) is 12.5. The molecule has 0 saturated heterocycles. The van der Waals surface area contributed by atoms with Crippen LogP contribution in [0.15, 0.2) is 58.9 Å². The molecule has 0 fully saturated rings. The van der Waals surface area contributed by atoms with E-state index in [0.29, 0.717) is 0 Å². The van der Waals surface area contributed by atoms with Gasteiger partial charge < -0.3 is 9.88 Å². The van der Waals surface area contributed by atoms with Gasteiger partial charge in [-0.3, -0.25) is 0 Å². The van der Waals surface area contributed by atoms with E-state index in [-0.39, 0.29) is 0 Å². The highest BCUT2D eigenvalue weighted by atomic mass is 79.9. The van der Waals surface area contributed by atoms with Crippen LogP contribution in [0.1, 0.15) is 4.88 Å². The topological polar surface area (TPSA) is 29.9 Å². The molecular weight excluding hydrogens is 322 g/mol. The van der Waals surface area contributed by atoms with Crippen molar-refractivity contribution >= 4 is 33.0 Å². The molecule has 19 heavy (non-hydrogen) atoms. The molecule has 0 unspecified atom stereocenters. The van der Waals surface area contributed by atoms with E-state index in [1.54, 1.807) is 23.9 Å². The van der Waals surface area contributed by atoms with Gasteiger partial charge in [0.2, 0.25) is 0 Å². The molecule has 0 atom stereocenters. The molecule has 3 rings (SSSR count). The normalized spacial score (nSPS) is 10.6. The SMILES string of the molecule is Brc1ccsc1CNc1cccc(-n2ccnc2)c1. The average Bonchev–Trinajstić information content (AvgIpc) is 3.08. The van der Waals surface area contributed by atoms with Crippen LogP contribution >= 0.6 is 27.3 Å². The maximum atomic E-state index is 4.06. The molecule has 1 aromatic carbocycles. The molecule has 96 valence electrons. The third-order valence-electron chi connectivity index (χ3n) is 2.79. The zero-order valence-electron chi connectivity index (χ0n) is 10.1. The molecule has 0 aliphatic heterocycles. The summed E-state index contributed by atoms with van der Waals surface area (Å²) in [5, 5.41) is 5.52. The Bertz CT molecular complexity index is 661. The average molecular weight is 334 g/mol. The molecule has 2 aromatic heterocycles. The Labute approximate surface area is 124 Å². The number of halogens is 1. The van der Waals surface area contributed by atoms with Crippen LogP contribution in [-0.4, -0.2) is 9.55 Å². The van der Waals surface area contributed by atoms with Crippen molar-refractivity contribution in [3.05, 3.63) is 63.8 Å². The van der Waals surface area contributed by atoms with Gasteiger partial charge in [0.05, 0.1) is 12.9 Å². The summed E-state index contributed by atoms with van der Waals surface area (Å²) < 4.78 is 3.16. The number of imidazole rings is 1. The third kappa shape index (κ3) is 2.88. The Morgan fingerprint density at radius 3 is 3.00 bits per heavy atom. The molecule has 2 heterocycles. The zero-order chi connectivity index (χ0) is 13.1. The number of thiophene rings is 1. The number of anilines is 1. The number of rotatable bonds is 4. The Hall–Kier alpha value is -1.59. The van der Waals surface area contributed by atoms with Crippen molar-refractivity contribution < 1.29 is 0 Å². The maximum absolute atomic E-state index is 4.06. The Kier molecular flexibility index (Phi) is 3.66. The molecule has 5 heteroatoms. The molecule has 3 aromatic rings. The first-order valence-electron chi connectivity index (χ1n) is 5.87. The van der Waals surface area contributed by atoms with Crippen LogP contribution in [0.4, 0.5) is 5.69 Å². The minimum atomic E-state index is 0.825. The molecule has 0 spiro atoms. The molecule has 0 aliphatic rings. The summed E-state index contributed by atoms with van der Waals surface area (Å²) in [7, 11) is 0. The number of aromatic nitrogens is 2. The van der Waals surface area contributed by atoms with Gasteiger partial charge in [0.25, 0.3) is 0 Å². The largest absolute Gasteiger partial charge is 0.380 e. The van der Waals surface area contributed by atoms with Gasteiger partial charge in [-0.05, 0) is 45.6 Å². The molecule has 3 nitrogen and oxygen atoms in total. The van der Waals surface area contributed by atoms with Crippen molar-refractivity contribution in [1.82, 2.24) is 9.55 Å². The van der Waals surface area contributed by atoms with Crippen LogP contribution < -0.4 is 5.32 Å². The standard InChI is InChI=1S/C14H12BrN3S/c15-13-4-7-19-14(13)9-17-11-2-1-3-12(8-11)18-6-5-16-10-18/h1-8,10,17H,9H2. The van der Waals surface area contributed by atoms with Gasteiger partial charge in [-0.15, -0.1) is 11.3 Å². The van der Waals surface area contributed by atoms with Gasteiger partial charge in [0, 0.05) is 33.1 Å². The number of hydrogen-bond donors (Lipinski definition) is 1. The molecule has 1 N–H and O–H groups in total. The van der Waals surface area contributed by atoms with E-state index in [4.69, 9.17) is 0 Å². The van der Waals surface area contributed by atoms with Gasteiger partial charge in [0.1, 0.15) is 0 Å². The number of nitrogens with one attached hydrogen (secondary N) is 1. The van der Waals surface area contributed by atoms with Crippen molar-refractivity contribution in [2.75, 3.05) is 5.32 Å². The summed E-state index contributed by atoms with van der Waals surface area (Å²) in [4.78, 5) is 5.36. The summed E-state index contributed by atoms with van der Waals surface area (Å²) >= 11 is 5.29. The van der Waals surface area contributed by atoms with Crippen molar-refractivity contribution in [3.8, 4) is 5.69 Å². The fourth-order valence-corrected chi connectivity index (χ4v) is 3.25. The molecule has 0 aliphatic carbocycles. The van der Waals surface area contributed by atoms with Gasteiger partial charge in [-0.1, -0.05) is 6.07 Å². The maximum Gasteiger partial charge on any atom is 0.0991 e. The molecule has 0 bridgehead atoms. The lowest BCUT2D eigenvalue weighted by molar-refractivity contribution is 1.05. The van der Waals surface area contributed by atoms with E-state index >= 15 is 0 Å².